The average molecular weight is 306 g/mol. The fraction of sp³-hybridized carbons (Fsp3) is 0.286. The summed E-state index contributed by atoms with van der Waals surface area (Å²) >= 11 is 3.58. The van der Waals surface area contributed by atoms with Gasteiger partial charge in [0.25, 0.3) is 0 Å². The highest BCUT2D eigenvalue weighted by Crippen LogP contribution is 2.27. The molecule has 0 fully saturated rings. The van der Waals surface area contributed by atoms with Gasteiger partial charge in [0.15, 0.2) is 0 Å². The van der Waals surface area contributed by atoms with E-state index in [9.17, 15) is 0 Å². The lowest BCUT2D eigenvalue weighted by atomic mass is 10.1. The summed E-state index contributed by atoms with van der Waals surface area (Å²) in [5.41, 5.74) is 2.29. The van der Waals surface area contributed by atoms with Crippen molar-refractivity contribution in [2.75, 3.05) is 5.32 Å². The molecule has 0 spiro atoms. The van der Waals surface area contributed by atoms with Gasteiger partial charge in [0.2, 0.25) is 5.95 Å². The van der Waals surface area contributed by atoms with Crippen molar-refractivity contribution < 1.29 is 0 Å². The number of hydrogen-bond acceptors (Lipinski definition) is 3. The number of hydrogen-bond donors (Lipinski definition) is 1. The Balaban J connectivity index is 2.20. The van der Waals surface area contributed by atoms with E-state index >= 15 is 0 Å². The highest BCUT2D eigenvalue weighted by molar-refractivity contribution is 9.10. The molecule has 1 aromatic heterocycles. The number of nitrogens with zero attached hydrogens (tertiary/aromatic N) is 2. The maximum atomic E-state index is 4.28. The molecule has 0 bridgehead atoms. The van der Waals surface area contributed by atoms with Gasteiger partial charge in [-0.1, -0.05) is 41.1 Å². The van der Waals surface area contributed by atoms with E-state index in [2.05, 4.69) is 50.3 Å². The van der Waals surface area contributed by atoms with E-state index < -0.39 is 0 Å². The van der Waals surface area contributed by atoms with Crippen LogP contribution in [0, 0.1) is 6.92 Å². The Hall–Kier alpha value is -1.42. The average Bonchev–Trinajstić information content (AvgIpc) is 2.39. The summed E-state index contributed by atoms with van der Waals surface area (Å²) in [7, 11) is 0. The molecule has 4 heteroatoms. The van der Waals surface area contributed by atoms with Crippen LogP contribution in [-0.4, -0.2) is 9.97 Å². The summed E-state index contributed by atoms with van der Waals surface area (Å²) in [4.78, 5) is 8.57. The maximum Gasteiger partial charge on any atom is 0.223 e. The molecule has 2 aromatic rings. The van der Waals surface area contributed by atoms with Gasteiger partial charge in [-0.2, -0.15) is 0 Å². The predicted molar refractivity (Wildman–Crippen MR) is 77.6 cm³/mol. The second kappa shape index (κ2) is 5.96. The lowest BCUT2D eigenvalue weighted by Crippen LogP contribution is -2.12. The number of halogens is 1. The zero-order valence-electron chi connectivity index (χ0n) is 10.5. The van der Waals surface area contributed by atoms with Gasteiger partial charge in [0.1, 0.15) is 0 Å². The van der Waals surface area contributed by atoms with Gasteiger partial charge in [0, 0.05) is 16.9 Å². The van der Waals surface area contributed by atoms with Crippen LogP contribution < -0.4 is 5.32 Å². The molecule has 0 aliphatic carbocycles. The van der Waals surface area contributed by atoms with Crippen LogP contribution in [0.2, 0.25) is 0 Å². The Bertz CT molecular complexity index is 511. The normalized spacial score (nSPS) is 12.2. The number of aryl methyl sites for hydroxylation is 1. The van der Waals surface area contributed by atoms with Gasteiger partial charge in [-0.3, -0.25) is 0 Å². The first-order chi connectivity index (χ1) is 8.70. The molecular formula is C14H16BrN3. The van der Waals surface area contributed by atoms with Gasteiger partial charge in [-0.25, -0.2) is 9.97 Å². The van der Waals surface area contributed by atoms with Crippen LogP contribution in [0.15, 0.2) is 41.1 Å². The smallest absolute Gasteiger partial charge is 0.223 e. The van der Waals surface area contributed by atoms with Crippen LogP contribution >= 0.6 is 15.9 Å². The molecule has 2 rings (SSSR count). The van der Waals surface area contributed by atoms with Crippen molar-refractivity contribution in [1.29, 1.82) is 0 Å². The second-order valence-electron chi connectivity index (χ2n) is 4.21. The first-order valence-electron chi connectivity index (χ1n) is 6.00. The van der Waals surface area contributed by atoms with Gasteiger partial charge < -0.3 is 5.32 Å². The summed E-state index contributed by atoms with van der Waals surface area (Å²) in [6.45, 7) is 4.13. The largest absolute Gasteiger partial charge is 0.347 e. The Morgan fingerprint density at radius 1 is 1.22 bits per heavy atom. The third-order valence-corrected chi connectivity index (χ3v) is 3.50. The van der Waals surface area contributed by atoms with Crippen LogP contribution in [0.1, 0.15) is 30.5 Å². The SMILES string of the molecule is CCC(Nc1ncc(C)cn1)c1ccccc1Br. The van der Waals surface area contributed by atoms with E-state index in [0.29, 0.717) is 5.95 Å². The molecule has 0 radical (unpaired) electrons. The maximum absolute atomic E-state index is 4.28. The van der Waals surface area contributed by atoms with Crippen LogP contribution in [0.3, 0.4) is 0 Å². The molecule has 1 heterocycles. The standard InChI is InChI=1S/C14H16BrN3/c1-3-13(11-6-4-5-7-12(11)15)18-14-16-8-10(2)9-17-14/h4-9,13H,3H2,1-2H3,(H,16,17,18). The zero-order chi connectivity index (χ0) is 13.0. The van der Waals surface area contributed by atoms with Crippen molar-refractivity contribution in [3.8, 4) is 0 Å². The van der Waals surface area contributed by atoms with Gasteiger partial charge in [0.05, 0.1) is 6.04 Å². The van der Waals surface area contributed by atoms with Gasteiger partial charge in [-0.05, 0) is 30.5 Å². The highest BCUT2D eigenvalue weighted by Gasteiger charge is 2.12. The Kier molecular flexibility index (Phi) is 4.31. The molecule has 0 amide bonds. The van der Waals surface area contributed by atoms with Crippen molar-refractivity contribution in [1.82, 2.24) is 9.97 Å². The summed E-state index contributed by atoms with van der Waals surface area (Å²) in [6.07, 6.45) is 4.62. The van der Waals surface area contributed by atoms with Crippen molar-refractivity contribution in [3.05, 3.63) is 52.3 Å². The van der Waals surface area contributed by atoms with Gasteiger partial charge in [-0.15, -0.1) is 0 Å². The highest BCUT2D eigenvalue weighted by atomic mass is 79.9. The number of aromatic nitrogens is 2. The van der Waals surface area contributed by atoms with E-state index in [1.807, 2.05) is 31.5 Å². The molecular weight excluding hydrogens is 290 g/mol. The predicted octanol–water partition coefficient (Wildman–Crippen LogP) is 4.11. The summed E-state index contributed by atoms with van der Waals surface area (Å²) < 4.78 is 1.11. The zero-order valence-corrected chi connectivity index (χ0v) is 12.1. The van der Waals surface area contributed by atoms with Crippen LogP contribution in [0.5, 0.6) is 0 Å². The monoisotopic (exact) mass is 305 g/mol. The number of anilines is 1. The fourth-order valence-electron chi connectivity index (χ4n) is 1.78. The van der Waals surface area contributed by atoms with Crippen molar-refractivity contribution in [2.45, 2.75) is 26.3 Å². The fourth-order valence-corrected chi connectivity index (χ4v) is 2.34. The molecule has 3 nitrogen and oxygen atoms in total. The third kappa shape index (κ3) is 3.07. The molecule has 18 heavy (non-hydrogen) atoms. The summed E-state index contributed by atoms with van der Waals surface area (Å²) in [5.74, 6) is 0.670. The van der Waals surface area contributed by atoms with Crippen LogP contribution in [-0.2, 0) is 0 Å². The lowest BCUT2D eigenvalue weighted by Gasteiger charge is -2.18. The molecule has 94 valence electrons. The number of rotatable bonds is 4. The van der Waals surface area contributed by atoms with E-state index in [-0.39, 0.29) is 6.04 Å². The second-order valence-corrected chi connectivity index (χ2v) is 5.07. The molecule has 1 aromatic carbocycles. The van der Waals surface area contributed by atoms with Gasteiger partial charge >= 0.3 is 0 Å². The van der Waals surface area contributed by atoms with Crippen molar-refractivity contribution in [3.63, 3.8) is 0 Å². The molecule has 1 atom stereocenters. The summed E-state index contributed by atoms with van der Waals surface area (Å²) in [5, 5.41) is 3.36. The molecule has 0 saturated carbocycles. The minimum atomic E-state index is 0.211. The van der Waals surface area contributed by atoms with E-state index in [4.69, 9.17) is 0 Å². The number of nitrogens with one attached hydrogen (secondary N) is 1. The quantitative estimate of drug-likeness (QED) is 0.923. The minimum Gasteiger partial charge on any atom is -0.347 e. The van der Waals surface area contributed by atoms with Crippen LogP contribution in [0.4, 0.5) is 5.95 Å². The molecule has 0 saturated heterocycles. The molecule has 1 N–H and O–H groups in total. The van der Waals surface area contributed by atoms with Crippen molar-refractivity contribution >= 4 is 21.9 Å². The minimum absolute atomic E-state index is 0.211. The Morgan fingerprint density at radius 2 is 1.89 bits per heavy atom. The molecule has 0 aliphatic heterocycles. The first-order valence-corrected chi connectivity index (χ1v) is 6.79. The van der Waals surface area contributed by atoms with Crippen LogP contribution in [0.25, 0.3) is 0 Å². The first kappa shape index (κ1) is 13.0. The molecule has 1 unspecified atom stereocenters. The molecule has 0 aliphatic rings. The summed E-state index contributed by atoms with van der Waals surface area (Å²) in [6, 6.07) is 8.43. The lowest BCUT2D eigenvalue weighted by molar-refractivity contribution is 0.734. The third-order valence-electron chi connectivity index (χ3n) is 2.77. The van der Waals surface area contributed by atoms with Crippen molar-refractivity contribution in [2.24, 2.45) is 0 Å². The topological polar surface area (TPSA) is 37.8 Å². The van der Waals surface area contributed by atoms with E-state index in [0.717, 1.165) is 16.5 Å². The Labute approximate surface area is 116 Å². The number of benzene rings is 1. The Morgan fingerprint density at radius 3 is 2.50 bits per heavy atom. The van der Waals surface area contributed by atoms with E-state index in [1.54, 1.807) is 0 Å². The van der Waals surface area contributed by atoms with E-state index in [1.165, 1.54) is 5.56 Å².